The molecule has 0 spiro atoms. The molecule has 2 aromatic rings. The highest BCUT2D eigenvalue weighted by Gasteiger charge is 2.39. The van der Waals surface area contributed by atoms with Crippen LogP contribution in [0.15, 0.2) is 59.7 Å². The Morgan fingerprint density at radius 3 is 2.21 bits per heavy atom. The van der Waals surface area contributed by atoms with E-state index in [1.807, 2.05) is 30.3 Å². The lowest BCUT2D eigenvalue weighted by Crippen LogP contribution is -2.49. The first kappa shape index (κ1) is 31.4. The lowest BCUT2D eigenvalue weighted by atomic mass is 10.0. The molecule has 2 aliphatic heterocycles. The standard InChI is InChI=1S/C30H33F3N4O4S/c1-22-26(29(39)37(28(22)38)25-13-12-24(20-34)27(19-25)30(31,32)33)11-7-2-3-8-14-35-15-17-36(18-16-35)42(40,41)21-23-9-5-4-6-10-23/h4-6,9-10,12-13,19H,2-3,7-8,11,14-18,21H2,1H3. The zero-order valence-corrected chi connectivity index (χ0v) is 24.2. The topological polar surface area (TPSA) is 102 Å². The number of anilines is 1. The Labute approximate surface area is 244 Å². The Balaban J connectivity index is 1.20. The normalized spacial score (nSPS) is 17.3. The number of carbonyl (C=O) groups excluding carboxylic acids is 2. The molecule has 0 bridgehead atoms. The van der Waals surface area contributed by atoms with Crippen molar-refractivity contribution in [3.8, 4) is 6.07 Å². The summed E-state index contributed by atoms with van der Waals surface area (Å²) in [4.78, 5) is 28.8. The van der Waals surface area contributed by atoms with Crippen molar-refractivity contribution in [2.75, 3.05) is 37.6 Å². The molecule has 0 saturated carbocycles. The summed E-state index contributed by atoms with van der Waals surface area (Å²) in [6.07, 6.45) is -1.22. The molecule has 2 heterocycles. The maximum absolute atomic E-state index is 13.4. The fourth-order valence-corrected chi connectivity index (χ4v) is 6.83. The molecule has 4 rings (SSSR count). The average molecular weight is 603 g/mol. The van der Waals surface area contributed by atoms with Crippen molar-refractivity contribution in [1.29, 1.82) is 5.26 Å². The first-order valence-corrected chi connectivity index (χ1v) is 15.5. The van der Waals surface area contributed by atoms with Gasteiger partial charge in [-0.1, -0.05) is 43.2 Å². The van der Waals surface area contributed by atoms with Crippen LogP contribution in [0.4, 0.5) is 18.9 Å². The molecule has 0 unspecified atom stereocenters. The molecule has 1 fully saturated rings. The van der Waals surface area contributed by atoms with Crippen molar-refractivity contribution < 1.29 is 31.2 Å². The summed E-state index contributed by atoms with van der Waals surface area (Å²) in [6, 6.07) is 13.4. The molecule has 0 aromatic heterocycles. The van der Waals surface area contributed by atoms with Gasteiger partial charge in [0, 0.05) is 37.3 Å². The second-order valence-corrected chi connectivity index (χ2v) is 12.5. The molecule has 0 radical (unpaired) electrons. The van der Waals surface area contributed by atoms with Gasteiger partial charge in [-0.3, -0.25) is 9.59 Å². The van der Waals surface area contributed by atoms with Gasteiger partial charge in [-0.05, 0) is 56.5 Å². The molecule has 2 aromatic carbocycles. The highest BCUT2D eigenvalue weighted by atomic mass is 32.2. The monoisotopic (exact) mass is 602 g/mol. The smallest absolute Gasteiger partial charge is 0.301 e. The fourth-order valence-electron chi connectivity index (χ4n) is 5.31. The van der Waals surface area contributed by atoms with Gasteiger partial charge < -0.3 is 4.90 Å². The number of alkyl halides is 3. The number of benzene rings is 2. The first-order chi connectivity index (χ1) is 19.9. The number of hydrogen-bond acceptors (Lipinski definition) is 6. The van der Waals surface area contributed by atoms with Crippen molar-refractivity contribution in [3.63, 3.8) is 0 Å². The summed E-state index contributed by atoms with van der Waals surface area (Å²) in [7, 11) is -3.36. The molecule has 2 aliphatic rings. The van der Waals surface area contributed by atoms with Crippen molar-refractivity contribution in [1.82, 2.24) is 9.21 Å². The highest BCUT2D eigenvalue weighted by molar-refractivity contribution is 7.88. The second-order valence-electron chi connectivity index (χ2n) is 10.5. The summed E-state index contributed by atoms with van der Waals surface area (Å²) in [6.45, 7) is 4.58. The van der Waals surface area contributed by atoms with Crippen LogP contribution in [0.3, 0.4) is 0 Å². The molecule has 224 valence electrons. The molecule has 0 atom stereocenters. The van der Waals surface area contributed by atoms with Gasteiger partial charge >= 0.3 is 6.18 Å². The number of halogens is 3. The average Bonchev–Trinajstić information content (AvgIpc) is 3.17. The highest BCUT2D eigenvalue weighted by Crippen LogP contribution is 2.37. The number of piperazine rings is 1. The van der Waals surface area contributed by atoms with Crippen LogP contribution in [0.5, 0.6) is 0 Å². The number of amides is 2. The van der Waals surface area contributed by atoms with Gasteiger partial charge in [-0.2, -0.15) is 22.7 Å². The van der Waals surface area contributed by atoms with Crippen LogP contribution in [0.2, 0.25) is 0 Å². The minimum Gasteiger partial charge on any atom is -0.301 e. The van der Waals surface area contributed by atoms with E-state index in [4.69, 9.17) is 5.26 Å². The van der Waals surface area contributed by atoms with Crippen molar-refractivity contribution >= 4 is 27.5 Å². The molecule has 42 heavy (non-hydrogen) atoms. The molecule has 12 heteroatoms. The summed E-state index contributed by atoms with van der Waals surface area (Å²) in [5.74, 6) is -1.29. The van der Waals surface area contributed by atoms with E-state index in [1.165, 1.54) is 19.1 Å². The third-order valence-electron chi connectivity index (χ3n) is 7.69. The number of unbranched alkanes of at least 4 members (excludes halogenated alkanes) is 3. The summed E-state index contributed by atoms with van der Waals surface area (Å²) in [5.41, 5.74) is -0.691. The van der Waals surface area contributed by atoms with Gasteiger partial charge in [-0.25, -0.2) is 13.3 Å². The molecular formula is C30H33F3N4O4S. The molecule has 2 amide bonds. The van der Waals surface area contributed by atoms with E-state index in [0.717, 1.165) is 42.3 Å². The number of carbonyl (C=O) groups is 2. The third kappa shape index (κ3) is 7.27. The summed E-state index contributed by atoms with van der Waals surface area (Å²) in [5, 5.41) is 9.01. The van der Waals surface area contributed by atoms with Crippen LogP contribution < -0.4 is 4.90 Å². The van der Waals surface area contributed by atoms with E-state index >= 15 is 0 Å². The molecule has 0 N–H and O–H groups in total. The number of sulfonamides is 1. The van der Waals surface area contributed by atoms with Crippen LogP contribution in [0.25, 0.3) is 0 Å². The van der Waals surface area contributed by atoms with E-state index < -0.39 is 39.1 Å². The van der Waals surface area contributed by atoms with Crippen LogP contribution >= 0.6 is 0 Å². The Hall–Kier alpha value is -3.53. The number of imide groups is 1. The second kappa shape index (κ2) is 13.2. The molecule has 8 nitrogen and oxygen atoms in total. The van der Waals surface area contributed by atoms with Gasteiger partial charge in [0.25, 0.3) is 11.8 Å². The van der Waals surface area contributed by atoms with Gasteiger partial charge in [0.15, 0.2) is 0 Å². The Bertz CT molecular complexity index is 1490. The van der Waals surface area contributed by atoms with E-state index in [0.29, 0.717) is 50.7 Å². The van der Waals surface area contributed by atoms with E-state index in [1.54, 1.807) is 4.31 Å². The lowest BCUT2D eigenvalue weighted by Gasteiger charge is -2.34. The van der Waals surface area contributed by atoms with Crippen LogP contribution in [-0.4, -0.2) is 62.2 Å². The predicted octanol–water partition coefficient (Wildman–Crippen LogP) is 4.86. The number of nitriles is 1. The predicted molar refractivity (Wildman–Crippen MR) is 152 cm³/mol. The third-order valence-corrected chi connectivity index (χ3v) is 9.54. The lowest BCUT2D eigenvalue weighted by molar-refractivity contribution is -0.138. The Morgan fingerprint density at radius 1 is 0.905 bits per heavy atom. The van der Waals surface area contributed by atoms with Crippen LogP contribution in [-0.2, 0) is 31.5 Å². The number of rotatable bonds is 11. The van der Waals surface area contributed by atoms with Gasteiger partial charge in [0.1, 0.15) is 0 Å². The van der Waals surface area contributed by atoms with E-state index in [9.17, 15) is 31.2 Å². The molecule has 1 saturated heterocycles. The quantitative estimate of drug-likeness (QED) is 0.269. The van der Waals surface area contributed by atoms with Gasteiger partial charge in [0.05, 0.1) is 28.6 Å². The fraction of sp³-hybridized carbons (Fsp3) is 0.433. The van der Waals surface area contributed by atoms with Crippen LogP contribution in [0.1, 0.15) is 55.7 Å². The number of nitrogens with zero attached hydrogens (tertiary/aromatic N) is 4. The van der Waals surface area contributed by atoms with E-state index in [-0.39, 0.29) is 17.0 Å². The van der Waals surface area contributed by atoms with Gasteiger partial charge in [0.2, 0.25) is 10.0 Å². The SMILES string of the molecule is CC1=C(CCCCCCN2CCN(S(=O)(=O)Cc3ccccc3)CC2)C(=O)N(c2ccc(C#N)c(C(F)(F)F)c2)C1=O. The van der Waals surface area contributed by atoms with Crippen LogP contribution in [0, 0.1) is 11.3 Å². The minimum absolute atomic E-state index is 0.00230. The summed E-state index contributed by atoms with van der Waals surface area (Å²) < 4.78 is 67.2. The Kier molecular flexibility index (Phi) is 9.86. The number of hydrogen-bond donors (Lipinski definition) is 0. The van der Waals surface area contributed by atoms with Gasteiger partial charge in [-0.15, -0.1) is 0 Å². The van der Waals surface area contributed by atoms with E-state index in [2.05, 4.69) is 4.90 Å². The van der Waals surface area contributed by atoms with Crippen molar-refractivity contribution in [3.05, 3.63) is 76.4 Å². The maximum atomic E-state index is 13.4. The molecule has 0 aliphatic carbocycles. The van der Waals surface area contributed by atoms with Crippen molar-refractivity contribution in [2.24, 2.45) is 0 Å². The maximum Gasteiger partial charge on any atom is 0.417 e. The van der Waals surface area contributed by atoms with Crippen molar-refractivity contribution in [2.45, 2.75) is 51.0 Å². The Morgan fingerprint density at radius 2 is 1.57 bits per heavy atom. The largest absolute Gasteiger partial charge is 0.417 e. The first-order valence-electron chi connectivity index (χ1n) is 13.9. The minimum atomic E-state index is -4.80. The zero-order chi connectivity index (χ0) is 30.5. The zero-order valence-electron chi connectivity index (χ0n) is 23.4. The summed E-state index contributed by atoms with van der Waals surface area (Å²) >= 11 is 0. The molecular weight excluding hydrogens is 569 g/mol.